The monoisotopic (exact) mass is 557 g/mol. The second-order valence-electron chi connectivity index (χ2n) is 9.44. The zero-order chi connectivity index (χ0) is 27.9. The number of sulfone groups is 1. The first-order valence-electron chi connectivity index (χ1n) is 12.5. The van der Waals surface area contributed by atoms with E-state index in [1.165, 1.54) is 19.2 Å². The van der Waals surface area contributed by atoms with Crippen molar-refractivity contribution >= 4 is 38.7 Å². The largest absolute Gasteiger partial charge is 0.495 e. The Morgan fingerprint density at radius 2 is 1.80 bits per heavy atom. The number of ether oxygens (including phenoxy) is 1. The number of fused-ring (bicyclic) bond motifs is 2. The van der Waals surface area contributed by atoms with Crippen molar-refractivity contribution in [3.05, 3.63) is 95.9 Å². The van der Waals surface area contributed by atoms with Crippen LogP contribution in [0.1, 0.15) is 11.1 Å². The van der Waals surface area contributed by atoms with Gasteiger partial charge in [0, 0.05) is 18.0 Å². The topological polar surface area (TPSA) is 115 Å². The molecule has 2 N–H and O–H groups in total. The van der Waals surface area contributed by atoms with Gasteiger partial charge in [0.15, 0.2) is 15.5 Å². The highest BCUT2D eigenvalue weighted by molar-refractivity contribution is 7.91. The molecule has 0 saturated heterocycles. The number of benzene rings is 3. The van der Waals surface area contributed by atoms with Gasteiger partial charge in [0.05, 0.1) is 29.9 Å². The number of aryl methyl sites for hydroxylation is 1. The van der Waals surface area contributed by atoms with Crippen LogP contribution in [0.5, 0.6) is 5.75 Å². The molecular weight excluding hydrogens is 533 g/mol. The van der Waals surface area contributed by atoms with Crippen molar-refractivity contribution in [2.75, 3.05) is 23.5 Å². The van der Waals surface area contributed by atoms with Crippen LogP contribution >= 0.6 is 0 Å². The predicted molar refractivity (Wildman–Crippen MR) is 149 cm³/mol. The molecule has 5 aromatic rings. The van der Waals surface area contributed by atoms with Gasteiger partial charge in [0.25, 0.3) is 0 Å². The summed E-state index contributed by atoms with van der Waals surface area (Å²) < 4.78 is 44.7. The summed E-state index contributed by atoms with van der Waals surface area (Å²) in [6.45, 7) is 0. The number of hydrogen-bond acceptors (Lipinski definition) is 7. The number of methoxy groups -OCH3 is 1. The average Bonchev–Trinajstić information content (AvgIpc) is 3.48. The molecule has 3 aromatic carbocycles. The molecular formula is C29H24FN5O4S. The maximum absolute atomic E-state index is 13.1. The van der Waals surface area contributed by atoms with Crippen molar-refractivity contribution in [2.45, 2.75) is 17.7 Å². The van der Waals surface area contributed by atoms with E-state index in [0.29, 0.717) is 40.0 Å². The first-order chi connectivity index (χ1) is 19.3. The number of aromatic nitrogens is 3. The van der Waals surface area contributed by atoms with Crippen molar-refractivity contribution in [3.63, 3.8) is 0 Å². The molecule has 11 heteroatoms. The van der Waals surface area contributed by atoms with Crippen molar-refractivity contribution in [1.29, 1.82) is 0 Å². The summed E-state index contributed by atoms with van der Waals surface area (Å²) in [6.07, 6.45) is 2.40. The molecule has 0 atom stereocenters. The van der Waals surface area contributed by atoms with Crippen molar-refractivity contribution in [2.24, 2.45) is 0 Å². The summed E-state index contributed by atoms with van der Waals surface area (Å²) in [6, 6.07) is 20.4. The minimum atomic E-state index is -3.28. The molecule has 1 amide bonds. The van der Waals surface area contributed by atoms with Gasteiger partial charge in [-0.05, 0) is 71.1 Å². The number of anilines is 3. The SMILES string of the molecule is COc1cc2c(cc1Nc1nc3cc(-c4ccc(NC(=O)Cc5ccc(F)cc5)cc4)ccn3n1)CCS2(=O)=O. The fourth-order valence-electron chi connectivity index (χ4n) is 4.69. The highest BCUT2D eigenvalue weighted by atomic mass is 32.2. The molecule has 0 unspecified atom stereocenters. The summed E-state index contributed by atoms with van der Waals surface area (Å²) in [5, 5.41) is 10.5. The van der Waals surface area contributed by atoms with Crippen LogP contribution in [-0.4, -0.2) is 41.8 Å². The number of halogens is 1. The smallest absolute Gasteiger partial charge is 0.247 e. The van der Waals surface area contributed by atoms with Gasteiger partial charge in [-0.1, -0.05) is 24.3 Å². The Kier molecular flexibility index (Phi) is 6.43. The molecule has 202 valence electrons. The van der Waals surface area contributed by atoms with Gasteiger partial charge in [-0.15, -0.1) is 5.10 Å². The molecule has 0 spiro atoms. The Hall–Kier alpha value is -4.77. The van der Waals surface area contributed by atoms with Gasteiger partial charge in [0.1, 0.15) is 11.6 Å². The van der Waals surface area contributed by atoms with Crippen molar-refractivity contribution < 1.29 is 22.3 Å². The molecule has 40 heavy (non-hydrogen) atoms. The average molecular weight is 558 g/mol. The van der Waals surface area contributed by atoms with E-state index < -0.39 is 9.84 Å². The first-order valence-corrected chi connectivity index (χ1v) is 14.1. The zero-order valence-corrected chi connectivity index (χ0v) is 22.2. The Morgan fingerprint density at radius 1 is 1.02 bits per heavy atom. The molecule has 0 saturated carbocycles. The van der Waals surface area contributed by atoms with Crippen LogP contribution in [0.4, 0.5) is 21.7 Å². The highest BCUT2D eigenvalue weighted by Crippen LogP contribution is 2.36. The Bertz CT molecular complexity index is 1850. The Labute approximate surface area is 229 Å². The number of pyridine rings is 1. The molecule has 0 aliphatic carbocycles. The molecule has 1 aliphatic heterocycles. The zero-order valence-electron chi connectivity index (χ0n) is 21.4. The molecule has 6 rings (SSSR count). The van der Waals surface area contributed by atoms with E-state index >= 15 is 0 Å². The number of nitrogens with zero attached hydrogens (tertiary/aromatic N) is 3. The van der Waals surface area contributed by atoms with Gasteiger partial charge in [0.2, 0.25) is 11.9 Å². The van der Waals surface area contributed by atoms with Crippen LogP contribution in [0.15, 0.2) is 83.9 Å². The lowest BCUT2D eigenvalue weighted by atomic mass is 10.1. The lowest BCUT2D eigenvalue weighted by molar-refractivity contribution is -0.115. The van der Waals surface area contributed by atoms with E-state index in [2.05, 4.69) is 20.7 Å². The van der Waals surface area contributed by atoms with Crippen molar-refractivity contribution in [1.82, 2.24) is 14.6 Å². The number of carbonyl (C=O) groups is 1. The van der Waals surface area contributed by atoms with Crippen LogP contribution in [0.25, 0.3) is 16.8 Å². The first kappa shape index (κ1) is 25.5. The van der Waals surface area contributed by atoms with E-state index in [1.807, 2.05) is 36.4 Å². The fourth-order valence-corrected chi connectivity index (χ4v) is 6.24. The van der Waals surface area contributed by atoms with Gasteiger partial charge >= 0.3 is 0 Å². The fraction of sp³-hybridized carbons (Fsp3) is 0.138. The van der Waals surface area contributed by atoms with Crippen LogP contribution in [0.3, 0.4) is 0 Å². The van der Waals surface area contributed by atoms with E-state index in [9.17, 15) is 17.6 Å². The number of carbonyl (C=O) groups excluding carboxylic acids is 1. The van der Waals surface area contributed by atoms with Gasteiger partial charge < -0.3 is 15.4 Å². The van der Waals surface area contributed by atoms with Crippen LogP contribution < -0.4 is 15.4 Å². The lowest BCUT2D eigenvalue weighted by Crippen LogP contribution is -2.14. The number of amides is 1. The maximum atomic E-state index is 13.1. The highest BCUT2D eigenvalue weighted by Gasteiger charge is 2.28. The van der Waals surface area contributed by atoms with Crippen LogP contribution in [-0.2, 0) is 27.5 Å². The quantitative estimate of drug-likeness (QED) is 0.296. The summed E-state index contributed by atoms with van der Waals surface area (Å²) in [7, 11) is -1.79. The maximum Gasteiger partial charge on any atom is 0.247 e. The van der Waals surface area contributed by atoms with Gasteiger partial charge in [-0.3, -0.25) is 4.79 Å². The number of nitrogens with one attached hydrogen (secondary N) is 2. The minimum absolute atomic E-state index is 0.0910. The number of hydrogen-bond donors (Lipinski definition) is 2. The van der Waals surface area contributed by atoms with E-state index in [4.69, 9.17) is 4.74 Å². The van der Waals surface area contributed by atoms with Gasteiger partial charge in [-0.25, -0.2) is 17.3 Å². The summed E-state index contributed by atoms with van der Waals surface area (Å²) in [5.74, 6) is 0.304. The minimum Gasteiger partial charge on any atom is -0.495 e. The molecule has 9 nitrogen and oxygen atoms in total. The van der Waals surface area contributed by atoms with Crippen LogP contribution in [0.2, 0.25) is 0 Å². The van der Waals surface area contributed by atoms with Gasteiger partial charge in [-0.2, -0.15) is 4.98 Å². The molecule has 1 aliphatic rings. The molecule has 2 aromatic heterocycles. The Morgan fingerprint density at radius 3 is 2.55 bits per heavy atom. The third kappa shape index (κ3) is 5.10. The molecule has 0 bridgehead atoms. The summed E-state index contributed by atoms with van der Waals surface area (Å²) in [5.41, 5.74) is 5.17. The Balaban J connectivity index is 1.17. The summed E-state index contributed by atoms with van der Waals surface area (Å²) in [4.78, 5) is 17.2. The number of rotatable bonds is 7. The van der Waals surface area contributed by atoms with E-state index in [1.54, 1.807) is 35.0 Å². The third-order valence-electron chi connectivity index (χ3n) is 6.72. The second-order valence-corrected chi connectivity index (χ2v) is 11.5. The van der Waals surface area contributed by atoms with Crippen molar-refractivity contribution in [3.8, 4) is 16.9 Å². The molecule has 0 fully saturated rings. The third-order valence-corrected chi connectivity index (χ3v) is 8.51. The lowest BCUT2D eigenvalue weighted by Gasteiger charge is -2.11. The predicted octanol–water partition coefficient (Wildman–Crippen LogP) is 4.80. The van der Waals surface area contributed by atoms with E-state index in [-0.39, 0.29) is 23.9 Å². The second kappa shape index (κ2) is 10.1. The molecule has 0 radical (unpaired) electrons. The summed E-state index contributed by atoms with van der Waals surface area (Å²) >= 11 is 0. The normalized spacial score (nSPS) is 13.7. The van der Waals surface area contributed by atoms with E-state index in [0.717, 1.165) is 22.3 Å². The molecule has 3 heterocycles. The standard InChI is InChI=1S/C29H24FN5O4S/c1-39-25-17-26-21(11-13-40(26,37)38)15-24(25)32-29-33-27-16-20(10-12-35(27)34-29)19-4-8-23(9-5-19)31-28(36)14-18-2-6-22(30)7-3-18/h2-10,12,15-17H,11,13-14H2,1H3,(H,31,36)(H,32,34). The van der Waals surface area contributed by atoms with Crippen LogP contribution in [0, 0.1) is 5.82 Å².